The smallest absolute Gasteiger partial charge is 0.175 e. The third-order valence-electron chi connectivity index (χ3n) is 8.41. The average molecular weight is 589 g/mol. The Morgan fingerprint density at radius 2 is 1.45 bits per heavy atom. The fraction of sp³-hybridized carbons (Fsp3) is 0.424. The van der Waals surface area contributed by atoms with Crippen molar-refractivity contribution in [3.63, 3.8) is 0 Å². The van der Waals surface area contributed by atoms with Crippen molar-refractivity contribution in [2.45, 2.75) is 24.8 Å². The molecule has 3 aromatic carbocycles. The Kier molecular flexibility index (Phi) is 8.64. The summed E-state index contributed by atoms with van der Waals surface area (Å²) in [6.45, 7) is 10.6. The van der Waals surface area contributed by atoms with E-state index in [2.05, 4.69) is 95.6 Å². The number of nitrogens with zero attached hydrogens (tertiary/aromatic N) is 6. The number of anilines is 2. The summed E-state index contributed by atoms with van der Waals surface area (Å²) in [5, 5.41) is 0. The highest BCUT2D eigenvalue weighted by Crippen LogP contribution is 2.36. The summed E-state index contributed by atoms with van der Waals surface area (Å²) in [7, 11) is 5.06. The van der Waals surface area contributed by atoms with Crippen molar-refractivity contribution in [3.8, 4) is 22.5 Å². The van der Waals surface area contributed by atoms with Gasteiger partial charge in [-0.1, -0.05) is 12.1 Å². The number of aromatic nitrogens is 2. The Morgan fingerprint density at radius 1 is 0.833 bits per heavy atom. The number of rotatable bonds is 9. The largest absolute Gasteiger partial charge is 0.371 e. The van der Waals surface area contributed by atoms with Gasteiger partial charge in [0.15, 0.2) is 9.84 Å². The van der Waals surface area contributed by atoms with Crippen molar-refractivity contribution >= 4 is 32.2 Å². The number of likely N-dealkylation sites (N-methyl/N-ethyl adjacent to an activating group) is 2. The van der Waals surface area contributed by atoms with E-state index in [9.17, 15) is 8.42 Å². The summed E-state index contributed by atoms with van der Waals surface area (Å²) in [5.41, 5.74) is 7.52. The Balaban J connectivity index is 1.52. The molecule has 0 amide bonds. The van der Waals surface area contributed by atoms with Gasteiger partial charge in [0.05, 0.1) is 16.1 Å². The van der Waals surface area contributed by atoms with Crippen LogP contribution in [0.1, 0.15) is 13.8 Å². The molecule has 1 aliphatic heterocycles. The van der Waals surface area contributed by atoms with Gasteiger partial charge in [-0.15, -0.1) is 0 Å². The zero-order valence-corrected chi connectivity index (χ0v) is 26.8. The Labute approximate surface area is 251 Å². The van der Waals surface area contributed by atoms with E-state index in [4.69, 9.17) is 4.98 Å². The number of imidazole rings is 1. The van der Waals surface area contributed by atoms with Gasteiger partial charge in [0.2, 0.25) is 0 Å². The number of fused-ring (bicyclic) bond motifs is 1. The number of hydrogen-bond acceptors (Lipinski definition) is 7. The van der Waals surface area contributed by atoms with Crippen LogP contribution in [0.5, 0.6) is 0 Å². The molecule has 0 atom stereocenters. The zero-order valence-electron chi connectivity index (χ0n) is 26.0. The van der Waals surface area contributed by atoms with Gasteiger partial charge < -0.3 is 19.3 Å². The Morgan fingerprint density at radius 3 is 2.02 bits per heavy atom. The van der Waals surface area contributed by atoms with Crippen LogP contribution >= 0.6 is 0 Å². The molecule has 0 saturated carbocycles. The summed E-state index contributed by atoms with van der Waals surface area (Å²) >= 11 is 0. The number of piperazine rings is 1. The molecule has 4 aromatic rings. The zero-order chi connectivity index (χ0) is 30.2. The molecule has 0 radical (unpaired) electrons. The molecule has 8 nitrogen and oxygen atoms in total. The van der Waals surface area contributed by atoms with Crippen LogP contribution in [-0.4, -0.2) is 100 Å². The second kappa shape index (κ2) is 12.1. The van der Waals surface area contributed by atoms with Crippen LogP contribution in [0.25, 0.3) is 33.5 Å². The topological polar surface area (TPSA) is 64.9 Å². The normalized spacial score (nSPS) is 14.8. The van der Waals surface area contributed by atoms with Gasteiger partial charge in [0, 0.05) is 76.9 Å². The molecule has 224 valence electrons. The lowest BCUT2D eigenvalue weighted by Crippen LogP contribution is -2.48. The van der Waals surface area contributed by atoms with E-state index in [-0.39, 0.29) is 0 Å². The van der Waals surface area contributed by atoms with Crippen LogP contribution in [0.3, 0.4) is 0 Å². The van der Waals surface area contributed by atoms with Crippen molar-refractivity contribution in [3.05, 3.63) is 60.7 Å². The highest BCUT2D eigenvalue weighted by Gasteiger charge is 2.21. The van der Waals surface area contributed by atoms with Gasteiger partial charge in [-0.05, 0) is 87.6 Å². The molecule has 0 N–H and O–H groups in total. The second-order valence-electron chi connectivity index (χ2n) is 12.0. The highest BCUT2D eigenvalue weighted by molar-refractivity contribution is 7.90. The standard InChI is InChI=1S/C33H44N6O2S/c1-24(2)38-18-20-39(21-19-38)28-12-8-25(9-13-28)27-22-30(36(5)17-16-35(3)4)32-31(23-27)37(6)33(34-32)26-10-14-29(15-11-26)42(7,40)41/h8-15,22-24H,16-21H2,1-7H3. The lowest BCUT2D eigenvalue weighted by Gasteiger charge is -2.38. The van der Waals surface area contributed by atoms with Crippen molar-refractivity contribution in [1.82, 2.24) is 19.4 Å². The van der Waals surface area contributed by atoms with Crippen molar-refractivity contribution in [1.29, 1.82) is 0 Å². The number of hydrogen-bond donors (Lipinski definition) is 0. The molecule has 1 aromatic heterocycles. The van der Waals surface area contributed by atoms with Crippen molar-refractivity contribution in [2.24, 2.45) is 7.05 Å². The van der Waals surface area contributed by atoms with Crippen LogP contribution in [0.4, 0.5) is 11.4 Å². The summed E-state index contributed by atoms with van der Waals surface area (Å²) in [6.07, 6.45) is 1.23. The van der Waals surface area contributed by atoms with E-state index in [1.54, 1.807) is 12.1 Å². The first-order valence-electron chi connectivity index (χ1n) is 14.7. The second-order valence-corrected chi connectivity index (χ2v) is 14.1. The molecular weight excluding hydrogens is 544 g/mol. The van der Waals surface area contributed by atoms with E-state index >= 15 is 0 Å². The molecule has 5 rings (SSSR count). The SMILES string of the molecule is CC(C)N1CCN(c2ccc(-c3cc(N(C)CCN(C)C)c4nc(-c5ccc(S(C)(=O)=O)cc5)n(C)c4c3)cc2)CC1. The maximum Gasteiger partial charge on any atom is 0.175 e. The van der Waals surface area contributed by atoms with Crippen LogP contribution in [-0.2, 0) is 16.9 Å². The lowest BCUT2D eigenvalue weighted by molar-refractivity contribution is 0.209. The van der Waals surface area contributed by atoms with Crippen LogP contribution in [0.15, 0.2) is 65.6 Å². The minimum Gasteiger partial charge on any atom is -0.371 e. The first kappa shape index (κ1) is 30.1. The van der Waals surface area contributed by atoms with E-state index in [0.717, 1.165) is 72.9 Å². The van der Waals surface area contributed by atoms with E-state index < -0.39 is 9.84 Å². The number of aryl methyl sites for hydroxylation is 1. The van der Waals surface area contributed by atoms with Crippen LogP contribution in [0.2, 0.25) is 0 Å². The van der Waals surface area contributed by atoms with Gasteiger partial charge in [-0.25, -0.2) is 13.4 Å². The van der Waals surface area contributed by atoms with Crippen molar-refractivity contribution < 1.29 is 8.42 Å². The molecule has 0 aliphatic carbocycles. The summed E-state index contributed by atoms with van der Waals surface area (Å²) in [6, 6.07) is 21.0. The molecule has 42 heavy (non-hydrogen) atoms. The van der Waals surface area contributed by atoms with Gasteiger partial charge >= 0.3 is 0 Å². The predicted molar refractivity (Wildman–Crippen MR) is 175 cm³/mol. The molecule has 1 saturated heterocycles. The minimum absolute atomic E-state index is 0.307. The predicted octanol–water partition coefficient (Wildman–Crippen LogP) is 4.84. The van der Waals surface area contributed by atoms with E-state index in [1.165, 1.54) is 17.5 Å². The van der Waals surface area contributed by atoms with Gasteiger partial charge in [0.1, 0.15) is 11.3 Å². The van der Waals surface area contributed by atoms with Crippen LogP contribution in [0, 0.1) is 0 Å². The minimum atomic E-state index is -3.26. The first-order valence-corrected chi connectivity index (χ1v) is 16.6. The molecular formula is C33H44N6O2S. The summed E-state index contributed by atoms with van der Waals surface area (Å²) in [5.74, 6) is 0.806. The Hall–Kier alpha value is -3.40. The van der Waals surface area contributed by atoms with Crippen LogP contribution < -0.4 is 9.80 Å². The molecule has 0 unspecified atom stereocenters. The van der Waals surface area contributed by atoms with E-state index in [1.807, 2.05) is 19.2 Å². The summed E-state index contributed by atoms with van der Waals surface area (Å²) < 4.78 is 26.1. The van der Waals surface area contributed by atoms with Gasteiger partial charge in [-0.3, -0.25) is 4.90 Å². The number of benzene rings is 3. The summed E-state index contributed by atoms with van der Waals surface area (Å²) in [4.78, 5) is 14.9. The maximum absolute atomic E-state index is 12.0. The van der Waals surface area contributed by atoms with Gasteiger partial charge in [-0.2, -0.15) is 0 Å². The molecule has 2 heterocycles. The maximum atomic E-state index is 12.0. The Bertz CT molecular complexity index is 1630. The fourth-order valence-corrected chi connectivity index (χ4v) is 6.30. The third-order valence-corrected chi connectivity index (χ3v) is 9.54. The average Bonchev–Trinajstić information content (AvgIpc) is 3.31. The van der Waals surface area contributed by atoms with Gasteiger partial charge in [0.25, 0.3) is 0 Å². The highest BCUT2D eigenvalue weighted by atomic mass is 32.2. The molecule has 0 bridgehead atoms. The molecule has 0 spiro atoms. The lowest BCUT2D eigenvalue weighted by atomic mass is 10.0. The fourth-order valence-electron chi connectivity index (χ4n) is 5.67. The molecule has 9 heteroatoms. The number of sulfone groups is 1. The quantitative estimate of drug-likeness (QED) is 0.277. The third kappa shape index (κ3) is 6.33. The van der Waals surface area contributed by atoms with E-state index in [0.29, 0.717) is 10.9 Å². The molecule has 1 fully saturated rings. The first-order chi connectivity index (χ1) is 19.9. The molecule has 1 aliphatic rings. The monoisotopic (exact) mass is 588 g/mol. The van der Waals surface area contributed by atoms with Crippen molar-refractivity contribution in [2.75, 3.05) is 76.5 Å².